The van der Waals surface area contributed by atoms with Crippen molar-refractivity contribution in [2.24, 2.45) is 11.8 Å². The van der Waals surface area contributed by atoms with Gasteiger partial charge in [0, 0.05) is 6.42 Å². The lowest BCUT2D eigenvalue weighted by atomic mass is 9.74. The van der Waals surface area contributed by atoms with Crippen molar-refractivity contribution in [3.8, 4) is 0 Å². The van der Waals surface area contributed by atoms with Gasteiger partial charge < -0.3 is 14.6 Å². The average molecular weight is 377 g/mol. The largest absolute Gasteiger partial charge is 0.459 e. The minimum absolute atomic E-state index is 0.215. The van der Waals surface area contributed by atoms with E-state index in [1.165, 1.54) is 0 Å². The highest BCUT2D eigenvalue weighted by Gasteiger charge is 2.46. The fourth-order valence-corrected chi connectivity index (χ4v) is 4.29. The van der Waals surface area contributed by atoms with E-state index in [4.69, 9.17) is 9.47 Å². The first-order valence-electron chi connectivity index (χ1n) is 10.2. The molecule has 0 aliphatic heterocycles. The summed E-state index contributed by atoms with van der Waals surface area (Å²) in [6.45, 7) is 15.7. The molecule has 4 heteroatoms. The number of allylic oxidation sites excluding steroid dienone is 3. The smallest absolute Gasteiger partial charge is 0.306 e. The normalized spacial score (nSPS) is 36.6. The summed E-state index contributed by atoms with van der Waals surface area (Å²) in [4.78, 5) is 12.3. The molecule has 0 radical (unpaired) electrons. The molecule has 6 atom stereocenters. The maximum atomic E-state index is 12.3. The molecule has 0 amide bonds. The summed E-state index contributed by atoms with van der Waals surface area (Å²) in [6, 6.07) is 0. The third kappa shape index (κ3) is 5.79. The zero-order chi connectivity index (χ0) is 20.0. The molecule has 6 unspecified atom stereocenters. The molecule has 152 valence electrons. The monoisotopic (exact) mass is 376 g/mol. The molecule has 2 rings (SSSR count). The lowest BCUT2D eigenvalue weighted by Crippen LogP contribution is -2.53. The van der Waals surface area contributed by atoms with Gasteiger partial charge in [-0.2, -0.15) is 0 Å². The van der Waals surface area contributed by atoms with Crippen molar-refractivity contribution in [2.45, 2.75) is 89.1 Å². The second kappa shape index (κ2) is 9.70. The van der Waals surface area contributed by atoms with Gasteiger partial charge >= 0.3 is 5.97 Å². The quantitative estimate of drug-likeness (QED) is 0.491. The molecule has 0 heterocycles. The lowest BCUT2D eigenvalue weighted by Gasteiger charge is -2.47. The van der Waals surface area contributed by atoms with E-state index in [1.807, 2.05) is 19.9 Å². The van der Waals surface area contributed by atoms with Gasteiger partial charge in [-0.3, -0.25) is 4.79 Å². The van der Waals surface area contributed by atoms with E-state index in [1.54, 1.807) is 6.08 Å². The Balaban J connectivity index is 2.09. The fourth-order valence-electron chi connectivity index (χ4n) is 4.29. The van der Waals surface area contributed by atoms with E-state index >= 15 is 0 Å². The Morgan fingerprint density at radius 1 is 1.26 bits per heavy atom. The number of aliphatic hydroxyl groups excluding tert-OH is 1. The van der Waals surface area contributed by atoms with Crippen molar-refractivity contribution in [2.75, 3.05) is 0 Å². The molecule has 0 aromatic rings. The minimum Gasteiger partial charge on any atom is -0.459 e. The standard InChI is InChI=1S/C23H36O4/c1-6-8-9-22(25)26-21-15-18(16(3)4)12-13-23(21,5)27-20-11-10-17(7-2)14-19(20)24/h6-7,17-21,24H,1-3,8-15H2,4-5H3. The van der Waals surface area contributed by atoms with Crippen LogP contribution < -0.4 is 0 Å². The summed E-state index contributed by atoms with van der Waals surface area (Å²) in [5.41, 5.74) is 0.540. The van der Waals surface area contributed by atoms with Crippen LogP contribution in [-0.4, -0.2) is 35.0 Å². The van der Waals surface area contributed by atoms with Crippen LogP contribution in [0.2, 0.25) is 0 Å². The molecule has 0 aromatic carbocycles. The van der Waals surface area contributed by atoms with Gasteiger partial charge in [0.25, 0.3) is 0 Å². The summed E-state index contributed by atoms with van der Waals surface area (Å²) in [5, 5.41) is 10.5. The molecule has 0 spiro atoms. The van der Waals surface area contributed by atoms with Crippen LogP contribution in [0, 0.1) is 11.8 Å². The summed E-state index contributed by atoms with van der Waals surface area (Å²) in [7, 11) is 0. The number of ether oxygens (including phenoxy) is 2. The molecule has 0 bridgehead atoms. The molecule has 2 saturated carbocycles. The first-order chi connectivity index (χ1) is 12.8. The summed E-state index contributed by atoms with van der Waals surface area (Å²) < 4.78 is 12.3. The SMILES string of the molecule is C=CCCC(=O)OC1CC(C(=C)C)CCC1(C)OC1CCC(C=C)CC1O. The molecule has 0 aromatic heterocycles. The average Bonchev–Trinajstić information content (AvgIpc) is 2.63. The van der Waals surface area contributed by atoms with E-state index in [2.05, 4.69) is 19.7 Å². The summed E-state index contributed by atoms with van der Waals surface area (Å²) >= 11 is 0. The Bertz CT molecular complexity index is 555. The zero-order valence-electron chi connectivity index (χ0n) is 17.0. The van der Waals surface area contributed by atoms with Gasteiger partial charge in [0.05, 0.1) is 12.2 Å². The topological polar surface area (TPSA) is 55.8 Å². The van der Waals surface area contributed by atoms with Gasteiger partial charge in [0.1, 0.15) is 11.7 Å². The first-order valence-corrected chi connectivity index (χ1v) is 10.2. The van der Waals surface area contributed by atoms with Crippen molar-refractivity contribution in [3.63, 3.8) is 0 Å². The van der Waals surface area contributed by atoms with Crippen molar-refractivity contribution < 1.29 is 19.4 Å². The number of esters is 1. The minimum atomic E-state index is -0.581. The Kier molecular flexibility index (Phi) is 7.87. The molecule has 2 fully saturated rings. The number of rotatable bonds is 8. The molecule has 27 heavy (non-hydrogen) atoms. The second-order valence-corrected chi connectivity index (χ2v) is 8.47. The van der Waals surface area contributed by atoms with Crippen LogP contribution in [-0.2, 0) is 14.3 Å². The highest BCUT2D eigenvalue weighted by molar-refractivity contribution is 5.69. The van der Waals surface area contributed by atoms with E-state index in [0.717, 1.165) is 37.7 Å². The van der Waals surface area contributed by atoms with Crippen LogP contribution in [0.3, 0.4) is 0 Å². The molecule has 0 saturated heterocycles. The lowest BCUT2D eigenvalue weighted by molar-refractivity contribution is -0.213. The highest BCUT2D eigenvalue weighted by Crippen LogP contribution is 2.42. The third-order valence-corrected chi connectivity index (χ3v) is 6.24. The second-order valence-electron chi connectivity index (χ2n) is 8.47. The van der Waals surface area contributed by atoms with Gasteiger partial charge in [-0.1, -0.05) is 24.3 Å². The fraction of sp³-hybridized carbons (Fsp3) is 0.696. The van der Waals surface area contributed by atoms with E-state index in [9.17, 15) is 9.90 Å². The maximum Gasteiger partial charge on any atom is 0.306 e. The van der Waals surface area contributed by atoms with Gasteiger partial charge in [0.2, 0.25) is 0 Å². The van der Waals surface area contributed by atoms with E-state index < -0.39 is 11.7 Å². The number of carbonyl (C=O) groups excluding carboxylic acids is 1. The van der Waals surface area contributed by atoms with Crippen LogP contribution in [0.5, 0.6) is 0 Å². The van der Waals surface area contributed by atoms with E-state index in [-0.39, 0.29) is 18.2 Å². The van der Waals surface area contributed by atoms with Crippen LogP contribution in [0.4, 0.5) is 0 Å². The number of hydrogen-bond acceptors (Lipinski definition) is 4. The molecule has 1 N–H and O–H groups in total. The van der Waals surface area contributed by atoms with Gasteiger partial charge in [-0.25, -0.2) is 0 Å². The third-order valence-electron chi connectivity index (χ3n) is 6.24. The van der Waals surface area contributed by atoms with Crippen molar-refractivity contribution >= 4 is 5.97 Å². The van der Waals surface area contributed by atoms with Crippen molar-refractivity contribution in [1.29, 1.82) is 0 Å². The number of aliphatic hydroxyl groups is 1. The number of hydrogen-bond donors (Lipinski definition) is 1. The van der Waals surface area contributed by atoms with Crippen LogP contribution in [0.25, 0.3) is 0 Å². The van der Waals surface area contributed by atoms with Gasteiger partial charge in [-0.05, 0) is 70.6 Å². The van der Waals surface area contributed by atoms with Crippen LogP contribution >= 0.6 is 0 Å². The van der Waals surface area contributed by atoms with Crippen molar-refractivity contribution in [3.05, 3.63) is 37.5 Å². The zero-order valence-corrected chi connectivity index (χ0v) is 17.0. The Morgan fingerprint density at radius 3 is 2.59 bits per heavy atom. The highest BCUT2D eigenvalue weighted by atomic mass is 16.6. The number of carbonyl (C=O) groups is 1. The molecular weight excluding hydrogens is 340 g/mol. The van der Waals surface area contributed by atoms with Crippen molar-refractivity contribution in [1.82, 2.24) is 0 Å². The van der Waals surface area contributed by atoms with Gasteiger partial charge in [-0.15, -0.1) is 13.2 Å². The van der Waals surface area contributed by atoms with Crippen LogP contribution in [0.1, 0.15) is 65.2 Å². The predicted octanol–water partition coefficient (Wildman–Crippen LogP) is 4.73. The Morgan fingerprint density at radius 2 is 2.00 bits per heavy atom. The summed E-state index contributed by atoms with van der Waals surface area (Å²) in [5.74, 6) is 0.465. The Hall–Kier alpha value is -1.39. The Labute approximate surface area is 164 Å². The van der Waals surface area contributed by atoms with Crippen LogP contribution in [0.15, 0.2) is 37.5 Å². The maximum absolute atomic E-state index is 12.3. The molecule has 2 aliphatic rings. The molecule has 4 nitrogen and oxygen atoms in total. The summed E-state index contributed by atoms with van der Waals surface area (Å²) in [6.07, 6.45) is 8.47. The van der Waals surface area contributed by atoms with E-state index in [0.29, 0.717) is 31.1 Å². The predicted molar refractivity (Wildman–Crippen MR) is 108 cm³/mol. The first kappa shape index (κ1) is 21.9. The van der Waals surface area contributed by atoms with Gasteiger partial charge in [0.15, 0.2) is 0 Å². The molecule has 2 aliphatic carbocycles. The molecular formula is C23H36O4.